The van der Waals surface area contributed by atoms with Gasteiger partial charge in [0.2, 0.25) is 5.91 Å². The van der Waals surface area contributed by atoms with Crippen molar-refractivity contribution in [2.24, 2.45) is 5.41 Å². The number of anilines is 3. The summed E-state index contributed by atoms with van der Waals surface area (Å²) in [5.74, 6) is 1.61. The molecule has 4 aliphatic rings. The Morgan fingerprint density at radius 3 is 2.42 bits per heavy atom. The number of aromatic nitrogens is 3. The first-order valence-corrected chi connectivity index (χ1v) is 14.3. The molecule has 9 heteroatoms. The van der Waals surface area contributed by atoms with Crippen LogP contribution in [-0.2, 0) is 24.2 Å². The van der Waals surface area contributed by atoms with Crippen molar-refractivity contribution in [3.8, 4) is 0 Å². The van der Waals surface area contributed by atoms with Crippen molar-refractivity contribution in [1.29, 1.82) is 0 Å². The highest BCUT2D eigenvalue weighted by atomic mass is 32.2. The third kappa shape index (κ3) is 3.70. The van der Waals surface area contributed by atoms with E-state index in [1.165, 1.54) is 22.9 Å². The molecule has 2 aliphatic heterocycles. The van der Waals surface area contributed by atoms with Gasteiger partial charge in [-0.25, -0.2) is 15.0 Å². The molecule has 1 saturated heterocycles. The van der Waals surface area contributed by atoms with E-state index in [1.54, 1.807) is 12.4 Å². The second-order valence-electron chi connectivity index (χ2n) is 11.3. The van der Waals surface area contributed by atoms with E-state index in [4.69, 9.17) is 9.97 Å². The molecule has 8 nitrogen and oxygen atoms in total. The van der Waals surface area contributed by atoms with Crippen molar-refractivity contribution in [2.75, 3.05) is 35.3 Å². The lowest BCUT2D eigenvalue weighted by molar-refractivity contribution is -0.124. The first-order chi connectivity index (χ1) is 18.5. The van der Waals surface area contributed by atoms with Gasteiger partial charge in [0.1, 0.15) is 16.3 Å². The Balaban J connectivity index is 1.09. The van der Waals surface area contributed by atoms with Gasteiger partial charge in [0, 0.05) is 31.2 Å². The monoisotopic (exact) mass is 528 g/mol. The summed E-state index contributed by atoms with van der Waals surface area (Å²) in [5, 5.41) is 14.0. The van der Waals surface area contributed by atoms with Crippen LogP contribution in [0.1, 0.15) is 48.9 Å². The Labute approximate surface area is 226 Å². The van der Waals surface area contributed by atoms with Gasteiger partial charge in [-0.3, -0.25) is 4.79 Å². The molecular weight excluding hydrogens is 496 g/mol. The summed E-state index contributed by atoms with van der Waals surface area (Å²) < 4.78 is 0. The van der Waals surface area contributed by atoms with Gasteiger partial charge in [-0.2, -0.15) is 0 Å². The summed E-state index contributed by atoms with van der Waals surface area (Å²) in [6.07, 6.45) is 10.9. The van der Waals surface area contributed by atoms with Gasteiger partial charge < -0.3 is 20.2 Å². The molecule has 2 spiro atoms. The molecule has 0 bridgehead atoms. The number of fused-ring (bicyclic) bond motifs is 2. The summed E-state index contributed by atoms with van der Waals surface area (Å²) in [5.41, 5.74) is 4.20. The van der Waals surface area contributed by atoms with E-state index in [0.29, 0.717) is 16.1 Å². The summed E-state index contributed by atoms with van der Waals surface area (Å²) in [7, 11) is 1.96. The zero-order valence-corrected chi connectivity index (χ0v) is 22.4. The minimum absolute atomic E-state index is 0.0410. The maximum atomic E-state index is 13.0. The molecule has 196 valence electrons. The predicted molar refractivity (Wildman–Crippen MR) is 148 cm³/mol. The number of carbonyl (C=O) groups excluding carboxylic acids is 1. The molecule has 4 heterocycles. The average molecular weight is 529 g/mol. The topological polar surface area (TPSA) is 94.5 Å². The van der Waals surface area contributed by atoms with Crippen molar-refractivity contribution >= 4 is 35.0 Å². The number of hydrogen-bond donors (Lipinski definition) is 2. The first-order valence-electron chi connectivity index (χ1n) is 13.5. The van der Waals surface area contributed by atoms with E-state index in [9.17, 15) is 9.90 Å². The average Bonchev–Trinajstić information content (AvgIpc) is 3.26. The Kier molecular flexibility index (Phi) is 5.63. The van der Waals surface area contributed by atoms with Crippen molar-refractivity contribution in [1.82, 2.24) is 15.0 Å². The molecule has 2 fully saturated rings. The number of rotatable bonds is 4. The number of nitrogens with zero attached hydrogens (tertiary/aromatic N) is 5. The van der Waals surface area contributed by atoms with Gasteiger partial charge in [-0.15, -0.1) is 0 Å². The van der Waals surface area contributed by atoms with Crippen molar-refractivity contribution in [3.05, 3.63) is 59.5 Å². The van der Waals surface area contributed by atoms with Crippen molar-refractivity contribution in [2.45, 2.75) is 67.0 Å². The van der Waals surface area contributed by atoms with E-state index in [0.717, 1.165) is 80.3 Å². The molecule has 38 heavy (non-hydrogen) atoms. The van der Waals surface area contributed by atoms with Gasteiger partial charge in [0.25, 0.3) is 0 Å². The predicted octanol–water partition coefficient (Wildman–Crippen LogP) is 4.21. The number of carbonyl (C=O) groups is 1. The lowest BCUT2D eigenvalue weighted by Gasteiger charge is -2.50. The van der Waals surface area contributed by atoms with Crippen LogP contribution in [0.15, 0.2) is 52.6 Å². The smallest absolute Gasteiger partial charge is 0.250 e. The van der Waals surface area contributed by atoms with Crippen molar-refractivity contribution < 1.29 is 9.90 Å². The zero-order valence-electron chi connectivity index (χ0n) is 21.6. The van der Waals surface area contributed by atoms with Gasteiger partial charge >= 0.3 is 0 Å². The Morgan fingerprint density at radius 2 is 1.76 bits per heavy atom. The largest absolute Gasteiger partial charge is 0.390 e. The van der Waals surface area contributed by atoms with Crippen LogP contribution in [0.4, 0.5) is 17.3 Å². The molecule has 0 unspecified atom stereocenters. The molecule has 2 aromatic heterocycles. The van der Waals surface area contributed by atoms with Crippen LogP contribution in [-0.4, -0.2) is 51.6 Å². The number of aliphatic hydroxyl groups is 1. The summed E-state index contributed by atoms with van der Waals surface area (Å²) in [4.78, 5) is 32.3. The molecule has 0 atom stereocenters. The SMILES string of the molecule is CN1c2nccc(Sc3cnc(N4CCC5(CC4)Cc4ccccc4C5)c(CO)n3)c2NC(=O)C12CCC2. The van der Waals surface area contributed by atoms with Gasteiger partial charge in [-0.1, -0.05) is 36.0 Å². The van der Waals surface area contributed by atoms with Crippen molar-refractivity contribution in [3.63, 3.8) is 0 Å². The highest BCUT2D eigenvalue weighted by Gasteiger charge is 2.51. The van der Waals surface area contributed by atoms with Crippen LogP contribution in [0.3, 0.4) is 0 Å². The molecule has 3 aromatic rings. The number of benzene rings is 1. The zero-order chi connectivity index (χ0) is 25.9. The van der Waals surface area contributed by atoms with E-state index < -0.39 is 5.54 Å². The Morgan fingerprint density at radius 1 is 1.03 bits per heavy atom. The quantitative estimate of drug-likeness (QED) is 0.520. The van der Waals surface area contributed by atoms with E-state index in [-0.39, 0.29) is 12.5 Å². The number of amides is 1. The highest BCUT2D eigenvalue weighted by Crippen LogP contribution is 2.49. The highest BCUT2D eigenvalue weighted by molar-refractivity contribution is 7.99. The first kappa shape index (κ1) is 23.9. The van der Waals surface area contributed by atoms with E-state index in [1.807, 2.05) is 18.0 Å². The third-order valence-corrected chi connectivity index (χ3v) is 10.2. The summed E-state index contributed by atoms with van der Waals surface area (Å²) in [6.45, 7) is 1.67. The molecular formula is C29H32N6O2S. The second kappa shape index (κ2) is 8.95. The fraction of sp³-hybridized carbons (Fsp3) is 0.448. The van der Waals surface area contributed by atoms with Gasteiger partial charge in [-0.05, 0) is 67.6 Å². The van der Waals surface area contributed by atoms with E-state index >= 15 is 0 Å². The fourth-order valence-electron chi connectivity index (χ4n) is 6.80. The number of aliphatic hydroxyl groups excluding tert-OH is 1. The van der Waals surface area contributed by atoms with Crippen LogP contribution < -0.4 is 15.1 Å². The minimum atomic E-state index is -0.469. The number of piperidine rings is 1. The number of nitrogens with one attached hydrogen (secondary N) is 1. The fourth-order valence-corrected chi connectivity index (χ4v) is 7.66. The molecule has 1 saturated carbocycles. The van der Waals surface area contributed by atoms with Crippen LogP contribution in [0.25, 0.3) is 0 Å². The standard InChI is InChI=1S/C29H32N6O2S/c1-34-26-24(33-27(37)29(34)8-4-9-29)22(7-12-30-26)38-23-17-31-25(21(18-36)32-23)35-13-10-28(11-14-35)15-19-5-2-3-6-20(19)16-28/h2-3,5-7,12,17,36H,4,8-11,13-16,18H2,1H3,(H,33,37). The lowest BCUT2D eigenvalue weighted by atomic mass is 9.73. The van der Waals surface area contributed by atoms with Crippen LogP contribution >= 0.6 is 11.8 Å². The maximum absolute atomic E-state index is 13.0. The molecule has 2 aliphatic carbocycles. The number of pyridine rings is 1. The van der Waals surface area contributed by atoms with E-state index in [2.05, 4.69) is 39.5 Å². The Bertz CT molecular complexity index is 1390. The van der Waals surface area contributed by atoms with Crippen LogP contribution in [0.5, 0.6) is 0 Å². The second-order valence-corrected chi connectivity index (χ2v) is 12.3. The number of hydrogen-bond acceptors (Lipinski definition) is 8. The maximum Gasteiger partial charge on any atom is 0.250 e. The number of likely N-dealkylation sites (N-methyl/N-ethyl adjacent to an activating group) is 1. The van der Waals surface area contributed by atoms with Crippen LogP contribution in [0.2, 0.25) is 0 Å². The third-order valence-electron chi connectivity index (χ3n) is 9.23. The summed E-state index contributed by atoms with van der Waals surface area (Å²) in [6, 6.07) is 10.7. The Hall–Kier alpha value is -3.17. The molecule has 0 radical (unpaired) electrons. The molecule has 7 rings (SSSR count). The van der Waals surface area contributed by atoms with Gasteiger partial charge in [0.05, 0.1) is 18.5 Å². The van der Waals surface area contributed by atoms with Crippen LogP contribution in [0, 0.1) is 5.41 Å². The lowest BCUT2D eigenvalue weighted by Crippen LogP contribution is -2.62. The minimum Gasteiger partial charge on any atom is -0.390 e. The normalized spacial score (nSPS) is 20.7. The summed E-state index contributed by atoms with van der Waals surface area (Å²) >= 11 is 1.44. The van der Waals surface area contributed by atoms with Gasteiger partial charge in [0.15, 0.2) is 11.6 Å². The molecule has 2 N–H and O–H groups in total. The molecule has 1 amide bonds. The molecule has 1 aromatic carbocycles.